The predicted octanol–water partition coefficient (Wildman–Crippen LogP) is 4.10. The third kappa shape index (κ3) is 2.02. The van der Waals surface area contributed by atoms with E-state index in [4.69, 9.17) is 0 Å². The van der Waals surface area contributed by atoms with Crippen LogP contribution >= 0.6 is 0 Å². The molecule has 1 aliphatic carbocycles. The van der Waals surface area contributed by atoms with Gasteiger partial charge in [0.25, 0.3) is 0 Å². The highest BCUT2D eigenvalue weighted by Gasteiger charge is 2.46. The number of hydrogen-bond donors (Lipinski definition) is 0. The monoisotopic (exact) mass is 168 g/mol. The number of hydrogen-bond acceptors (Lipinski definition) is 0. The van der Waals surface area contributed by atoms with Gasteiger partial charge in [0.15, 0.2) is 0 Å². The van der Waals surface area contributed by atoms with Gasteiger partial charge in [0, 0.05) is 0 Å². The molecule has 0 aromatic rings. The molecule has 0 N–H and O–H groups in total. The average Bonchev–Trinajstić information content (AvgIpc) is 2.64. The summed E-state index contributed by atoms with van der Waals surface area (Å²) in [7, 11) is 0. The van der Waals surface area contributed by atoms with Gasteiger partial charge < -0.3 is 0 Å². The van der Waals surface area contributed by atoms with E-state index in [0.29, 0.717) is 0 Å². The second-order valence-electron chi connectivity index (χ2n) is 4.61. The lowest BCUT2D eigenvalue weighted by atomic mass is 9.92. The zero-order chi connectivity index (χ0) is 9.14. The molecule has 0 heteroatoms. The lowest BCUT2D eigenvalue weighted by molar-refractivity contribution is 0.375. The molecule has 0 saturated heterocycles. The van der Waals surface area contributed by atoms with E-state index in [9.17, 15) is 0 Å². The van der Waals surface area contributed by atoms with Crippen molar-refractivity contribution in [2.45, 2.75) is 53.4 Å². The highest BCUT2D eigenvalue weighted by Crippen LogP contribution is 2.52. The Morgan fingerprint density at radius 3 is 2.00 bits per heavy atom. The molecular weight excluding hydrogens is 144 g/mol. The fourth-order valence-corrected chi connectivity index (χ4v) is 2.69. The molecule has 0 heterocycles. The average molecular weight is 168 g/mol. The van der Waals surface area contributed by atoms with Gasteiger partial charge in [-0.15, -0.1) is 0 Å². The lowest BCUT2D eigenvalue weighted by Gasteiger charge is -2.13. The molecule has 0 radical (unpaired) electrons. The summed E-state index contributed by atoms with van der Waals surface area (Å²) in [6.45, 7) is 9.50. The smallest absolute Gasteiger partial charge is 0.0329 e. The normalized spacial score (nSPS) is 36.5. The molecule has 3 unspecified atom stereocenters. The molecule has 3 atom stereocenters. The molecule has 12 heavy (non-hydrogen) atoms. The lowest BCUT2D eigenvalue weighted by Crippen LogP contribution is -2.03. The van der Waals surface area contributed by atoms with E-state index in [2.05, 4.69) is 27.7 Å². The molecular formula is C12H24. The Hall–Kier alpha value is 0. The van der Waals surface area contributed by atoms with E-state index in [-0.39, 0.29) is 0 Å². The summed E-state index contributed by atoms with van der Waals surface area (Å²) in [6.07, 6.45) is 5.69. The second kappa shape index (κ2) is 4.30. The second-order valence-corrected chi connectivity index (χ2v) is 4.61. The summed E-state index contributed by atoms with van der Waals surface area (Å²) >= 11 is 0. The fraction of sp³-hybridized carbons (Fsp3) is 1.00. The molecule has 1 saturated carbocycles. The van der Waals surface area contributed by atoms with Crippen LogP contribution < -0.4 is 0 Å². The van der Waals surface area contributed by atoms with Gasteiger partial charge in [0.2, 0.25) is 0 Å². The van der Waals surface area contributed by atoms with E-state index >= 15 is 0 Å². The van der Waals surface area contributed by atoms with Gasteiger partial charge in [-0.1, -0.05) is 53.4 Å². The van der Waals surface area contributed by atoms with Crippen LogP contribution in [0.15, 0.2) is 0 Å². The minimum atomic E-state index is 1.02. The van der Waals surface area contributed by atoms with E-state index in [1.54, 1.807) is 0 Å². The summed E-state index contributed by atoms with van der Waals surface area (Å²) in [5, 5.41) is 0. The van der Waals surface area contributed by atoms with Crippen LogP contribution in [0.5, 0.6) is 0 Å². The molecule has 1 fully saturated rings. The summed E-state index contributed by atoms with van der Waals surface area (Å²) in [5.41, 5.74) is 0. The van der Waals surface area contributed by atoms with E-state index < -0.39 is 0 Å². The number of unbranched alkanes of at least 4 members (excludes halogenated alkanes) is 1. The van der Waals surface area contributed by atoms with Crippen LogP contribution in [0.2, 0.25) is 0 Å². The molecule has 0 aliphatic heterocycles. The van der Waals surface area contributed by atoms with Crippen molar-refractivity contribution in [3.63, 3.8) is 0 Å². The standard InChI is InChI=1S/C12H24/c1-5-7-8-11(6-2)12-9(3)10(12)4/h9-12H,5-8H2,1-4H3. The maximum Gasteiger partial charge on any atom is -0.0329 e. The van der Waals surface area contributed by atoms with Crippen molar-refractivity contribution in [3.05, 3.63) is 0 Å². The van der Waals surface area contributed by atoms with Crippen LogP contribution in [0, 0.1) is 23.7 Å². The first kappa shape index (κ1) is 10.1. The van der Waals surface area contributed by atoms with E-state index in [1.807, 2.05) is 0 Å². The quantitative estimate of drug-likeness (QED) is 0.579. The molecule has 0 spiro atoms. The Morgan fingerprint density at radius 2 is 1.67 bits per heavy atom. The minimum Gasteiger partial charge on any atom is -0.0654 e. The fourth-order valence-electron chi connectivity index (χ4n) is 2.69. The van der Waals surface area contributed by atoms with Crippen LogP contribution in [0.4, 0.5) is 0 Å². The first-order chi connectivity index (χ1) is 5.72. The van der Waals surface area contributed by atoms with Crippen molar-refractivity contribution >= 4 is 0 Å². The van der Waals surface area contributed by atoms with Gasteiger partial charge >= 0.3 is 0 Å². The van der Waals surface area contributed by atoms with Crippen molar-refractivity contribution in [1.29, 1.82) is 0 Å². The van der Waals surface area contributed by atoms with Crippen molar-refractivity contribution in [1.82, 2.24) is 0 Å². The first-order valence-electron chi connectivity index (χ1n) is 5.72. The molecule has 0 amide bonds. The third-order valence-corrected chi connectivity index (χ3v) is 3.90. The molecule has 1 aliphatic rings. The van der Waals surface area contributed by atoms with Crippen LogP contribution in [0.3, 0.4) is 0 Å². The summed E-state index contributed by atoms with van der Waals surface area (Å²) in [4.78, 5) is 0. The predicted molar refractivity (Wildman–Crippen MR) is 55.1 cm³/mol. The van der Waals surface area contributed by atoms with Crippen LogP contribution in [-0.4, -0.2) is 0 Å². The molecule has 0 bridgehead atoms. The van der Waals surface area contributed by atoms with Crippen LogP contribution in [0.25, 0.3) is 0 Å². The largest absolute Gasteiger partial charge is 0.0654 e. The van der Waals surface area contributed by atoms with Gasteiger partial charge in [0.1, 0.15) is 0 Å². The van der Waals surface area contributed by atoms with Gasteiger partial charge in [-0.3, -0.25) is 0 Å². The van der Waals surface area contributed by atoms with Crippen molar-refractivity contribution < 1.29 is 0 Å². The van der Waals surface area contributed by atoms with Crippen molar-refractivity contribution in [2.75, 3.05) is 0 Å². The summed E-state index contributed by atoms with van der Waals surface area (Å²) in [5.74, 6) is 4.15. The van der Waals surface area contributed by atoms with E-state index in [0.717, 1.165) is 23.7 Å². The van der Waals surface area contributed by atoms with Crippen molar-refractivity contribution in [2.24, 2.45) is 23.7 Å². The highest BCUT2D eigenvalue weighted by molar-refractivity contribution is 4.94. The van der Waals surface area contributed by atoms with E-state index in [1.165, 1.54) is 25.7 Å². The zero-order valence-electron chi connectivity index (χ0n) is 9.14. The first-order valence-corrected chi connectivity index (χ1v) is 5.72. The molecule has 0 nitrogen and oxygen atoms in total. The topological polar surface area (TPSA) is 0 Å². The molecule has 72 valence electrons. The Morgan fingerprint density at radius 1 is 1.08 bits per heavy atom. The van der Waals surface area contributed by atoms with Gasteiger partial charge in [0.05, 0.1) is 0 Å². The Labute approximate surface area is 77.7 Å². The minimum absolute atomic E-state index is 1.02. The molecule has 0 aromatic carbocycles. The van der Waals surface area contributed by atoms with Crippen LogP contribution in [0.1, 0.15) is 53.4 Å². The summed E-state index contributed by atoms with van der Waals surface area (Å²) in [6, 6.07) is 0. The van der Waals surface area contributed by atoms with Gasteiger partial charge in [-0.05, 0) is 23.7 Å². The van der Waals surface area contributed by atoms with Gasteiger partial charge in [-0.2, -0.15) is 0 Å². The maximum absolute atomic E-state index is 2.42. The molecule has 0 aromatic heterocycles. The zero-order valence-corrected chi connectivity index (χ0v) is 9.14. The van der Waals surface area contributed by atoms with Gasteiger partial charge in [-0.25, -0.2) is 0 Å². The highest BCUT2D eigenvalue weighted by atomic mass is 14.5. The van der Waals surface area contributed by atoms with Crippen molar-refractivity contribution in [3.8, 4) is 0 Å². The Kier molecular flexibility index (Phi) is 3.61. The molecule has 1 rings (SSSR count). The Balaban J connectivity index is 2.26. The summed E-state index contributed by atoms with van der Waals surface area (Å²) < 4.78 is 0. The third-order valence-electron chi connectivity index (χ3n) is 3.90. The number of rotatable bonds is 5. The van der Waals surface area contributed by atoms with Crippen LogP contribution in [-0.2, 0) is 0 Å². The Bertz CT molecular complexity index is 120. The maximum atomic E-state index is 2.42. The SMILES string of the molecule is CCCCC(CC)C1C(C)C1C.